The second kappa shape index (κ2) is 5.63. The van der Waals surface area contributed by atoms with Crippen molar-refractivity contribution in [1.82, 2.24) is 10.2 Å². The Kier molecular flexibility index (Phi) is 4.43. The summed E-state index contributed by atoms with van der Waals surface area (Å²) in [6.45, 7) is 11.7. The lowest BCUT2D eigenvalue weighted by Gasteiger charge is -2.50. The molecule has 1 aliphatic rings. The van der Waals surface area contributed by atoms with Crippen LogP contribution in [0.2, 0.25) is 5.02 Å². The van der Waals surface area contributed by atoms with E-state index in [-0.39, 0.29) is 21.9 Å². The minimum absolute atomic E-state index is 0.0789. The van der Waals surface area contributed by atoms with Gasteiger partial charge in [0.05, 0.1) is 5.02 Å². The molecule has 20 heavy (non-hydrogen) atoms. The number of nitrogens with zero attached hydrogens (tertiary/aromatic N) is 1. The van der Waals surface area contributed by atoms with Crippen LogP contribution < -0.4 is 5.32 Å². The molecule has 0 aromatic heterocycles. The van der Waals surface area contributed by atoms with Crippen LogP contribution in [0.4, 0.5) is 4.39 Å². The third-order valence-electron chi connectivity index (χ3n) is 4.48. The number of nitrogens with one attached hydrogen (secondary N) is 1. The second-order valence-electron chi connectivity index (χ2n) is 6.68. The molecule has 2 nitrogen and oxygen atoms in total. The molecule has 1 fully saturated rings. The molecular formula is C16H24ClFN2. The maximum atomic E-state index is 13.3. The molecule has 1 atom stereocenters. The average Bonchev–Trinajstić information content (AvgIpc) is 2.39. The molecule has 112 valence electrons. The summed E-state index contributed by atoms with van der Waals surface area (Å²) >= 11 is 5.88. The molecule has 0 saturated carbocycles. The van der Waals surface area contributed by atoms with E-state index in [1.165, 1.54) is 6.07 Å². The molecule has 0 aliphatic carbocycles. The first-order chi connectivity index (χ1) is 9.26. The molecule has 2 rings (SSSR count). The van der Waals surface area contributed by atoms with Crippen LogP contribution in [-0.4, -0.2) is 29.1 Å². The van der Waals surface area contributed by atoms with E-state index in [2.05, 4.69) is 37.9 Å². The van der Waals surface area contributed by atoms with E-state index in [0.717, 1.165) is 31.6 Å². The van der Waals surface area contributed by atoms with Crippen molar-refractivity contribution in [2.45, 2.75) is 51.7 Å². The fourth-order valence-electron chi connectivity index (χ4n) is 2.60. The Bertz CT molecular complexity index is 489. The Morgan fingerprint density at radius 2 is 2.05 bits per heavy atom. The minimum atomic E-state index is -0.353. The summed E-state index contributed by atoms with van der Waals surface area (Å²) in [6, 6.07) is 5.01. The van der Waals surface area contributed by atoms with Gasteiger partial charge in [0.1, 0.15) is 5.82 Å². The normalized spacial score (nSPS) is 26.7. The van der Waals surface area contributed by atoms with E-state index >= 15 is 0 Å². The lowest BCUT2D eigenvalue weighted by molar-refractivity contribution is 0.0246. The molecule has 1 N–H and O–H groups in total. The fraction of sp³-hybridized carbons (Fsp3) is 0.625. The summed E-state index contributed by atoms with van der Waals surface area (Å²) in [5, 5.41) is 3.85. The highest BCUT2D eigenvalue weighted by Gasteiger charge is 2.38. The Balaban J connectivity index is 2.18. The Morgan fingerprint density at radius 1 is 1.35 bits per heavy atom. The predicted octanol–water partition coefficient (Wildman–Crippen LogP) is 3.83. The van der Waals surface area contributed by atoms with Gasteiger partial charge in [-0.2, -0.15) is 0 Å². The first kappa shape index (κ1) is 15.7. The zero-order chi connectivity index (χ0) is 15.0. The van der Waals surface area contributed by atoms with Gasteiger partial charge in [-0.15, -0.1) is 0 Å². The van der Waals surface area contributed by atoms with Crippen molar-refractivity contribution < 1.29 is 4.39 Å². The lowest BCUT2D eigenvalue weighted by Crippen LogP contribution is -2.66. The molecule has 1 heterocycles. The summed E-state index contributed by atoms with van der Waals surface area (Å²) in [5.74, 6) is -0.353. The van der Waals surface area contributed by atoms with Crippen LogP contribution >= 0.6 is 11.6 Å². The first-order valence-electron chi connectivity index (χ1n) is 7.20. The highest BCUT2D eigenvalue weighted by atomic mass is 35.5. The third-order valence-corrected chi connectivity index (χ3v) is 4.77. The van der Waals surface area contributed by atoms with Crippen LogP contribution in [0, 0.1) is 5.82 Å². The predicted molar refractivity (Wildman–Crippen MR) is 82.6 cm³/mol. The highest BCUT2D eigenvalue weighted by molar-refractivity contribution is 6.30. The van der Waals surface area contributed by atoms with Gasteiger partial charge >= 0.3 is 0 Å². The summed E-state index contributed by atoms with van der Waals surface area (Å²) < 4.78 is 13.3. The first-order valence-corrected chi connectivity index (χ1v) is 7.57. The van der Waals surface area contributed by atoms with Gasteiger partial charge in [0.25, 0.3) is 0 Å². The van der Waals surface area contributed by atoms with E-state index in [0.29, 0.717) is 0 Å². The Morgan fingerprint density at radius 3 is 2.65 bits per heavy atom. The van der Waals surface area contributed by atoms with Gasteiger partial charge in [0.2, 0.25) is 0 Å². The van der Waals surface area contributed by atoms with Crippen LogP contribution in [0.3, 0.4) is 0 Å². The van der Waals surface area contributed by atoms with Crippen molar-refractivity contribution >= 4 is 11.6 Å². The maximum absolute atomic E-state index is 13.3. The number of rotatable bonds is 3. The highest BCUT2D eigenvalue weighted by Crippen LogP contribution is 2.28. The quantitative estimate of drug-likeness (QED) is 0.912. The van der Waals surface area contributed by atoms with E-state index in [1.54, 1.807) is 6.07 Å². The Hall–Kier alpha value is -0.640. The number of hydrogen-bond acceptors (Lipinski definition) is 2. The number of piperazine rings is 1. The van der Waals surface area contributed by atoms with E-state index in [9.17, 15) is 4.39 Å². The van der Waals surface area contributed by atoms with Crippen molar-refractivity contribution in [2.75, 3.05) is 13.1 Å². The number of halogens is 2. The lowest BCUT2D eigenvalue weighted by atomic mass is 9.88. The molecule has 4 heteroatoms. The van der Waals surface area contributed by atoms with E-state index in [4.69, 9.17) is 11.6 Å². The fourth-order valence-corrected chi connectivity index (χ4v) is 2.80. The van der Waals surface area contributed by atoms with Crippen LogP contribution in [0.5, 0.6) is 0 Å². The molecule has 1 aromatic carbocycles. The van der Waals surface area contributed by atoms with Gasteiger partial charge < -0.3 is 5.32 Å². The smallest absolute Gasteiger partial charge is 0.141 e. The average molecular weight is 299 g/mol. The molecule has 1 saturated heterocycles. The molecule has 0 bridgehead atoms. The van der Waals surface area contributed by atoms with Crippen LogP contribution in [-0.2, 0) is 6.54 Å². The largest absolute Gasteiger partial charge is 0.308 e. The zero-order valence-electron chi connectivity index (χ0n) is 12.8. The molecule has 0 spiro atoms. The molecule has 1 aromatic rings. The molecule has 0 radical (unpaired) electrons. The van der Waals surface area contributed by atoms with Crippen LogP contribution in [0.25, 0.3) is 0 Å². The summed E-state index contributed by atoms with van der Waals surface area (Å²) in [4.78, 5) is 2.45. The molecular weight excluding hydrogens is 275 g/mol. The molecule has 1 unspecified atom stereocenters. The van der Waals surface area contributed by atoms with Crippen molar-refractivity contribution in [1.29, 1.82) is 0 Å². The van der Waals surface area contributed by atoms with Crippen molar-refractivity contribution in [3.05, 3.63) is 34.6 Å². The van der Waals surface area contributed by atoms with Gasteiger partial charge in [-0.25, -0.2) is 4.39 Å². The minimum Gasteiger partial charge on any atom is -0.308 e. The third kappa shape index (κ3) is 3.33. The number of hydrogen-bond donors (Lipinski definition) is 1. The maximum Gasteiger partial charge on any atom is 0.141 e. The summed E-state index contributed by atoms with van der Waals surface area (Å²) in [6.07, 6.45) is 1.09. The monoisotopic (exact) mass is 298 g/mol. The van der Waals surface area contributed by atoms with Gasteiger partial charge in [-0.3, -0.25) is 4.90 Å². The SMILES string of the molecule is CCC1(C)CN(Cc2ccc(F)c(Cl)c2)C(C)(C)CN1. The van der Waals surface area contributed by atoms with Crippen molar-refractivity contribution in [3.63, 3.8) is 0 Å². The van der Waals surface area contributed by atoms with Gasteiger partial charge in [-0.05, 0) is 44.9 Å². The van der Waals surface area contributed by atoms with Crippen LogP contribution in [0.15, 0.2) is 18.2 Å². The molecule has 1 aliphatic heterocycles. The van der Waals surface area contributed by atoms with Gasteiger partial charge in [0, 0.05) is 30.7 Å². The standard InChI is InChI=1S/C16H24ClFN2/c1-5-16(4)11-20(15(2,3)10-19-16)9-12-6-7-14(18)13(17)8-12/h6-8,19H,5,9-11H2,1-4H3. The van der Waals surface area contributed by atoms with Crippen molar-refractivity contribution in [3.8, 4) is 0 Å². The number of benzene rings is 1. The molecule has 0 amide bonds. The van der Waals surface area contributed by atoms with E-state index < -0.39 is 0 Å². The van der Waals surface area contributed by atoms with Crippen LogP contribution in [0.1, 0.15) is 39.7 Å². The topological polar surface area (TPSA) is 15.3 Å². The summed E-state index contributed by atoms with van der Waals surface area (Å²) in [7, 11) is 0. The van der Waals surface area contributed by atoms with Gasteiger partial charge in [-0.1, -0.05) is 24.6 Å². The van der Waals surface area contributed by atoms with Gasteiger partial charge in [0.15, 0.2) is 0 Å². The Labute approximate surface area is 126 Å². The second-order valence-corrected chi connectivity index (χ2v) is 7.09. The van der Waals surface area contributed by atoms with E-state index in [1.807, 2.05) is 6.07 Å². The summed E-state index contributed by atoms with van der Waals surface area (Å²) in [5.41, 5.74) is 1.28. The zero-order valence-corrected chi connectivity index (χ0v) is 13.5. The van der Waals surface area contributed by atoms with Crippen molar-refractivity contribution in [2.24, 2.45) is 0 Å².